The number of thioether (sulfide) groups is 1. The van der Waals surface area contributed by atoms with Gasteiger partial charge in [0.15, 0.2) is 20.8 Å². The minimum Gasteiger partial charge on any atom is -0.351 e. The Hall–Kier alpha value is -1.58. The first kappa shape index (κ1) is 19.2. The molecule has 140 valence electrons. The molecule has 1 saturated heterocycles. The molecule has 1 N–H and O–H groups in total. The lowest BCUT2D eigenvalue weighted by Gasteiger charge is -2.15. The van der Waals surface area contributed by atoms with E-state index in [0.717, 1.165) is 5.56 Å². The predicted molar refractivity (Wildman–Crippen MR) is 102 cm³/mol. The van der Waals surface area contributed by atoms with Crippen molar-refractivity contribution in [3.05, 3.63) is 29.3 Å². The molecule has 0 bridgehead atoms. The highest BCUT2D eigenvalue weighted by Gasteiger charge is 2.30. The molecule has 0 aliphatic carbocycles. The molecule has 3 rings (SSSR count). The van der Waals surface area contributed by atoms with E-state index in [-0.39, 0.29) is 23.5 Å². The molecule has 0 unspecified atom stereocenters. The van der Waals surface area contributed by atoms with Gasteiger partial charge in [0.25, 0.3) is 0 Å². The van der Waals surface area contributed by atoms with E-state index in [4.69, 9.17) is 11.6 Å². The van der Waals surface area contributed by atoms with Gasteiger partial charge in [0.05, 0.1) is 21.8 Å². The molecule has 0 spiro atoms. The lowest BCUT2D eigenvalue weighted by Crippen LogP contribution is -2.40. The Balaban J connectivity index is 1.67. The first-order valence-electron chi connectivity index (χ1n) is 8.08. The maximum absolute atomic E-state index is 12.4. The molecule has 0 saturated carbocycles. The third-order valence-electron chi connectivity index (χ3n) is 4.18. The minimum absolute atomic E-state index is 0.0107. The number of amides is 1. The van der Waals surface area contributed by atoms with Gasteiger partial charge in [-0.3, -0.25) is 4.79 Å². The Morgan fingerprint density at radius 3 is 2.77 bits per heavy atom. The molecule has 26 heavy (non-hydrogen) atoms. The zero-order valence-electron chi connectivity index (χ0n) is 14.3. The van der Waals surface area contributed by atoms with Gasteiger partial charge in [-0.05, 0) is 25.5 Å². The largest absolute Gasteiger partial charge is 0.351 e. The standard InChI is InChI=1S/C16H19ClN4O3S2/c1-10(15(22)18-11-7-8-26(23,24)9-11)25-16-20-19-14(21(16)2)12-5-3-4-6-13(12)17/h3-6,10-11H,7-9H2,1-2H3,(H,18,22)/t10-,11-/m0/s1. The van der Waals surface area contributed by atoms with Crippen LogP contribution in [0.3, 0.4) is 0 Å². The summed E-state index contributed by atoms with van der Waals surface area (Å²) in [5.74, 6) is 0.549. The fourth-order valence-electron chi connectivity index (χ4n) is 2.73. The Morgan fingerprint density at radius 1 is 1.38 bits per heavy atom. The van der Waals surface area contributed by atoms with Crippen molar-refractivity contribution in [2.75, 3.05) is 11.5 Å². The average Bonchev–Trinajstić information content (AvgIpc) is 3.10. The highest BCUT2D eigenvalue weighted by Crippen LogP contribution is 2.29. The molecule has 7 nitrogen and oxygen atoms in total. The number of nitrogens with zero attached hydrogens (tertiary/aromatic N) is 3. The first-order valence-corrected chi connectivity index (χ1v) is 11.2. The van der Waals surface area contributed by atoms with E-state index in [0.29, 0.717) is 22.4 Å². The maximum Gasteiger partial charge on any atom is 0.233 e. The van der Waals surface area contributed by atoms with Crippen molar-refractivity contribution in [2.45, 2.75) is 29.8 Å². The van der Waals surface area contributed by atoms with Gasteiger partial charge >= 0.3 is 0 Å². The van der Waals surface area contributed by atoms with Crippen LogP contribution in [0.15, 0.2) is 29.4 Å². The zero-order chi connectivity index (χ0) is 18.9. The summed E-state index contributed by atoms with van der Waals surface area (Å²) in [7, 11) is -1.21. The maximum atomic E-state index is 12.4. The van der Waals surface area contributed by atoms with Crippen LogP contribution < -0.4 is 5.32 Å². The molecule has 0 radical (unpaired) electrons. The van der Waals surface area contributed by atoms with Crippen molar-refractivity contribution < 1.29 is 13.2 Å². The summed E-state index contributed by atoms with van der Waals surface area (Å²) >= 11 is 7.48. The van der Waals surface area contributed by atoms with Crippen LogP contribution >= 0.6 is 23.4 Å². The van der Waals surface area contributed by atoms with Crippen molar-refractivity contribution in [3.8, 4) is 11.4 Å². The van der Waals surface area contributed by atoms with Crippen LogP contribution in [0.1, 0.15) is 13.3 Å². The van der Waals surface area contributed by atoms with E-state index in [9.17, 15) is 13.2 Å². The van der Waals surface area contributed by atoms with E-state index in [1.54, 1.807) is 17.6 Å². The summed E-state index contributed by atoms with van der Waals surface area (Å²) in [6.07, 6.45) is 0.464. The summed E-state index contributed by atoms with van der Waals surface area (Å²) < 4.78 is 24.8. The number of sulfone groups is 1. The second kappa shape index (κ2) is 7.58. The molecule has 1 aromatic carbocycles. The Kier molecular flexibility index (Phi) is 5.59. The van der Waals surface area contributed by atoms with Gasteiger partial charge < -0.3 is 9.88 Å². The minimum atomic E-state index is -3.02. The van der Waals surface area contributed by atoms with Crippen molar-refractivity contribution in [2.24, 2.45) is 7.05 Å². The van der Waals surface area contributed by atoms with Gasteiger partial charge in [0, 0.05) is 18.7 Å². The van der Waals surface area contributed by atoms with Crippen LogP contribution in [0.4, 0.5) is 0 Å². The van der Waals surface area contributed by atoms with E-state index in [2.05, 4.69) is 15.5 Å². The summed E-state index contributed by atoms with van der Waals surface area (Å²) in [5.41, 5.74) is 0.768. The summed E-state index contributed by atoms with van der Waals surface area (Å²) in [4.78, 5) is 12.4. The van der Waals surface area contributed by atoms with Crippen molar-refractivity contribution in [1.82, 2.24) is 20.1 Å². The number of carbonyl (C=O) groups excluding carboxylic acids is 1. The second-order valence-corrected chi connectivity index (χ2v) is 10.2. The van der Waals surface area contributed by atoms with Gasteiger partial charge in [0.1, 0.15) is 0 Å². The van der Waals surface area contributed by atoms with Crippen molar-refractivity contribution >= 4 is 39.1 Å². The molecular formula is C16H19ClN4O3S2. The smallest absolute Gasteiger partial charge is 0.233 e. The monoisotopic (exact) mass is 414 g/mol. The Labute approximate surface area is 161 Å². The lowest BCUT2D eigenvalue weighted by atomic mass is 10.2. The number of halogens is 1. The lowest BCUT2D eigenvalue weighted by molar-refractivity contribution is -0.120. The Bertz CT molecular complexity index is 929. The van der Waals surface area contributed by atoms with Crippen LogP contribution in [0.25, 0.3) is 11.4 Å². The number of nitrogens with one attached hydrogen (secondary N) is 1. The molecule has 2 heterocycles. The number of benzene rings is 1. The number of hydrogen-bond donors (Lipinski definition) is 1. The first-order chi connectivity index (χ1) is 12.3. The molecule has 1 aromatic heterocycles. The van der Waals surface area contributed by atoms with E-state index in [1.165, 1.54) is 11.8 Å². The van der Waals surface area contributed by atoms with E-state index < -0.39 is 15.1 Å². The molecule has 1 fully saturated rings. The van der Waals surface area contributed by atoms with Crippen molar-refractivity contribution in [3.63, 3.8) is 0 Å². The predicted octanol–water partition coefficient (Wildman–Crippen LogP) is 1.92. The number of carbonyl (C=O) groups is 1. The second-order valence-electron chi connectivity index (χ2n) is 6.21. The third-order valence-corrected chi connectivity index (χ3v) is 7.41. The average molecular weight is 415 g/mol. The highest BCUT2D eigenvalue weighted by atomic mass is 35.5. The van der Waals surface area contributed by atoms with Crippen LogP contribution in [-0.2, 0) is 21.7 Å². The van der Waals surface area contributed by atoms with Gasteiger partial charge in [-0.1, -0.05) is 35.5 Å². The van der Waals surface area contributed by atoms with Gasteiger partial charge in [-0.2, -0.15) is 0 Å². The van der Waals surface area contributed by atoms with Gasteiger partial charge in [-0.25, -0.2) is 8.42 Å². The van der Waals surface area contributed by atoms with Gasteiger partial charge in [-0.15, -0.1) is 10.2 Å². The third kappa shape index (κ3) is 4.21. The molecule has 1 aliphatic rings. The summed E-state index contributed by atoms with van der Waals surface area (Å²) in [6.45, 7) is 1.76. The zero-order valence-corrected chi connectivity index (χ0v) is 16.7. The highest BCUT2D eigenvalue weighted by molar-refractivity contribution is 8.00. The number of hydrogen-bond acceptors (Lipinski definition) is 6. The molecule has 1 amide bonds. The summed E-state index contributed by atoms with van der Waals surface area (Å²) in [5, 5.41) is 11.9. The van der Waals surface area contributed by atoms with Crippen LogP contribution in [0, 0.1) is 0 Å². The molecule has 1 aliphatic heterocycles. The van der Waals surface area contributed by atoms with Crippen LogP contribution in [0.2, 0.25) is 5.02 Å². The van der Waals surface area contributed by atoms with Crippen molar-refractivity contribution in [1.29, 1.82) is 0 Å². The van der Waals surface area contributed by atoms with E-state index in [1.807, 2.05) is 25.2 Å². The quantitative estimate of drug-likeness (QED) is 0.751. The SMILES string of the molecule is C[C@H](Sc1nnc(-c2ccccc2Cl)n1C)C(=O)N[C@H]1CCS(=O)(=O)C1. The fraction of sp³-hybridized carbons (Fsp3) is 0.438. The van der Waals surface area contributed by atoms with Crippen LogP contribution in [0.5, 0.6) is 0 Å². The normalized spacial score (nSPS) is 20.0. The topological polar surface area (TPSA) is 93.9 Å². The van der Waals surface area contributed by atoms with Gasteiger partial charge in [0.2, 0.25) is 5.91 Å². The molecule has 2 aromatic rings. The fourth-order valence-corrected chi connectivity index (χ4v) is 5.45. The van der Waals surface area contributed by atoms with E-state index >= 15 is 0 Å². The Morgan fingerprint density at radius 2 is 2.12 bits per heavy atom. The van der Waals surface area contributed by atoms with Crippen LogP contribution in [-0.4, -0.2) is 51.9 Å². The number of rotatable bonds is 5. The number of aromatic nitrogens is 3. The summed E-state index contributed by atoms with van der Waals surface area (Å²) in [6, 6.07) is 7.04. The molecule has 10 heteroatoms. The molecular weight excluding hydrogens is 396 g/mol. The molecule has 2 atom stereocenters.